The Balaban J connectivity index is 1.14. The number of hydrogen-bond donors (Lipinski definition) is 0. The number of benzene rings is 2. The highest BCUT2D eigenvalue weighted by atomic mass is 15.3. The van der Waals surface area contributed by atoms with Gasteiger partial charge in [0.05, 0.1) is 17.1 Å². The van der Waals surface area contributed by atoms with Gasteiger partial charge >= 0.3 is 0 Å². The molecule has 0 bridgehead atoms. The Hall–Kier alpha value is -4.80. The smallest absolute Gasteiger partial charge is 0.235 e. The van der Waals surface area contributed by atoms with Gasteiger partial charge in [-0.15, -0.1) is 0 Å². The number of likely N-dealkylation sites (tertiary alicyclic amines) is 1. The molecule has 3 heterocycles. The van der Waals surface area contributed by atoms with Crippen molar-refractivity contribution in [3.05, 3.63) is 150 Å². The van der Waals surface area contributed by atoms with Crippen LogP contribution in [0.2, 0.25) is 0 Å². The molecule has 4 nitrogen and oxygen atoms in total. The topological polar surface area (TPSA) is 34.0 Å². The van der Waals surface area contributed by atoms with Gasteiger partial charge < -0.3 is 0 Å². The largest absolute Gasteiger partial charge is 0.289 e. The summed E-state index contributed by atoms with van der Waals surface area (Å²) >= 11 is 0. The van der Waals surface area contributed by atoms with E-state index in [1.807, 2.05) is 0 Å². The molecule has 0 spiro atoms. The van der Waals surface area contributed by atoms with E-state index in [-0.39, 0.29) is 0 Å². The van der Waals surface area contributed by atoms with E-state index in [9.17, 15) is 0 Å². The standard InChI is InChI=1S/C50H52N4/c1-3-16-41-33(2)53(50-51-44(35-19-9-5-10-20-35)32-45(52-50)36-21-11-6-12-22-36)46-28-27-42-43-30-38-23-13-14-24-39(38)31-47(43)54(49(42)48(41)46)40-26-15-25-37(29-40)34-17-7-4-8-18-34/h3,5-7,9-14,16-24,27-28,32,37-40,42-43,47,49H,4,8,15,25-26,29-31H2,1-2H3/b16-3-/t37?,38?,39?,40?,42?,43-,47?,49?/m1/s1. The molecule has 2 aromatic carbocycles. The highest BCUT2D eigenvalue weighted by molar-refractivity contribution is 5.73. The van der Waals surface area contributed by atoms with Crippen LogP contribution < -0.4 is 0 Å². The van der Waals surface area contributed by atoms with E-state index in [1.165, 1.54) is 73.9 Å². The second-order valence-electron chi connectivity index (χ2n) is 16.6. The SMILES string of the molecule is C/C=C\c1c2c(n(-c3nc(-c4ccccc4)cc(-c4ccccc4)n3)c1C)C=CC1C2N(C2CCCC(C3=CCCC=C3)C2)C2CC3C=CC=CC3C[C@H]12. The van der Waals surface area contributed by atoms with Crippen LogP contribution in [0.3, 0.4) is 0 Å². The van der Waals surface area contributed by atoms with E-state index >= 15 is 0 Å². The first-order chi connectivity index (χ1) is 26.7. The zero-order valence-electron chi connectivity index (χ0n) is 31.8. The molecule has 10 rings (SSSR count). The predicted molar refractivity (Wildman–Crippen MR) is 223 cm³/mol. The first-order valence-corrected chi connectivity index (χ1v) is 20.7. The van der Waals surface area contributed by atoms with Gasteiger partial charge in [0, 0.05) is 52.0 Å². The molecule has 0 radical (unpaired) electrons. The van der Waals surface area contributed by atoms with Crippen LogP contribution in [-0.2, 0) is 0 Å². The fraction of sp³-hybridized carbons (Fsp3) is 0.360. The molecular formula is C50H52N4. The summed E-state index contributed by atoms with van der Waals surface area (Å²) in [4.78, 5) is 13.9. The number of aromatic nitrogens is 3. The van der Waals surface area contributed by atoms with Crippen LogP contribution in [0, 0.1) is 36.5 Å². The van der Waals surface area contributed by atoms with Gasteiger partial charge in [0.2, 0.25) is 5.95 Å². The summed E-state index contributed by atoms with van der Waals surface area (Å²) in [5.74, 6) is 3.84. The summed E-state index contributed by atoms with van der Waals surface area (Å²) in [7, 11) is 0. The molecule has 54 heavy (non-hydrogen) atoms. The van der Waals surface area contributed by atoms with Gasteiger partial charge in [-0.25, -0.2) is 9.97 Å². The Labute approximate surface area is 321 Å². The molecule has 1 saturated heterocycles. The highest BCUT2D eigenvalue weighted by Gasteiger charge is 2.56. The monoisotopic (exact) mass is 708 g/mol. The molecule has 0 N–H and O–H groups in total. The van der Waals surface area contributed by atoms with Crippen molar-refractivity contribution >= 4 is 12.2 Å². The second-order valence-corrected chi connectivity index (χ2v) is 16.6. The molecule has 272 valence electrons. The lowest BCUT2D eigenvalue weighted by molar-refractivity contribution is 0.0502. The van der Waals surface area contributed by atoms with Gasteiger partial charge in [-0.2, -0.15) is 0 Å². The van der Waals surface area contributed by atoms with E-state index in [1.54, 1.807) is 5.57 Å². The van der Waals surface area contributed by atoms with Gasteiger partial charge in [-0.3, -0.25) is 9.47 Å². The first-order valence-electron chi connectivity index (χ1n) is 20.7. The van der Waals surface area contributed by atoms with Crippen molar-refractivity contribution in [1.29, 1.82) is 0 Å². The maximum Gasteiger partial charge on any atom is 0.235 e. The molecule has 4 heteroatoms. The Morgan fingerprint density at radius 1 is 0.778 bits per heavy atom. The normalized spacial score (nSPS) is 29.9. The second kappa shape index (κ2) is 14.1. The number of nitrogens with zero attached hydrogens (tertiary/aromatic N) is 4. The van der Waals surface area contributed by atoms with E-state index < -0.39 is 0 Å². The number of rotatable bonds is 6. The van der Waals surface area contributed by atoms with Gasteiger partial charge in [0.15, 0.2) is 0 Å². The van der Waals surface area contributed by atoms with Gasteiger partial charge in [0.25, 0.3) is 0 Å². The molecule has 1 aliphatic heterocycles. The number of allylic oxidation sites excluding steroid dienone is 9. The third-order valence-corrected chi connectivity index (χ3v) is 13.7. The Morgan fingerprint density at radius 3 is 2.19 bits per heavy atom. The molecule has 5 aliphatic carbocycles. The highest BCUT2D eigenvalue weighted by Crippen LogP contribution is 2.59. The molecule has 8 atom stereocenters. The fourth-order valence-electron chi connectivity index (χ4n) is 11.4. The summed E-state index contributed by atoms with van der Waals surface area (Å²) in [6.45, 7) is 4.47. The number of fused-ring (bicyclic) bond motifs is 6. The molecule has 7 unspecified atom stereocenters. The third-order valence-electron chi connectivity index (χ3n) is 13.7. The van der Waals surface area contributed by atoms with E-state index in [2.05, 4.69) is 157 Å². The third kappa shape index (κ3) is 5.76. The van der Waals surface area contributed by atoms with Crippen molar-refractivity contribution in [1.82, 2.24) is 19.4 Å². The number of hydrogen-bond acceptors (Lipinski definition) is 3. The van der Waals surface area contributed by atoms with E-state index in [4.69, 9.17) is 9.97 Å². The predicted octanol–water partition coefficient (Wildman–Crippen LogP) is 11.9. The molecule has 6 aliphatic rings. The first kappa shape index (κ1) is 33.7. The molecule has 4 aromatic rings. The molecule has 2 saturated carbocycles. The van der Waals surface area contributed by atoms with Crippen molar-refractivity contribution < 1.29 is 0 Å². The summed E-state index contributed by atoms with van der Waals surface area (Å²) in [6, 6.07) is 24.8. The Morgan fingerprint density at radius 2 is 1.50 bits per heavy atom. The lowest BCUT2D eigenvalue weighted by Crippen LogP contribution is -2.47. The average Bonchev–Trinajstić information content (AvgIpc) is 3.71. The van der Waals surface area contributed by atoms with Crippen LogP contribution in [0.4, 0.5) is 0 Å². The van der Waals surface area contributed by atoms with Gasteiger partial charge in [0.1, 0.15) is 0 Å². The van der Waals surface area contributed by atoms with Crippen molar-refractivity contribution in [3.63, 3.8) is 0 Å². The molecule has 3 fully saturated rings. The van der Waals surface area contributed by atoms with Crippen LogP contribution in [0.1, 0.15) is 86.8 Å². The minimum absolute atomic E-state index is 0.338. The fourth-order valence-corrected chi connectivity index (χ4v) is 11.4. The van der Waals surface area contributed by atoms with Crippen LogP contribution in [-0.4, -0.2) is 31.5 Å². The van der Waals surface area contributed by atoms with E-state index in [0.29, 0.717) is 47.7 Å². The molecule has 0 amide bonds. The lowest BCUT2D eigenvalue weighted by atomic mass is 9.66. The average molecular weight is 709 g/mol. The Bertz CT molecular complexity index is 2160. The van der Waals surface area contributed by atoms with Crippen molar-refractivity contribution in [2.24, 2.45) is 29.6 Å². The van der Waals surface area contributed by atoms with Gasteiger partial charge in [-0.1, -0.05) is 128 Å². The van der Waals surface area contributed by atoms with Crippen molar-refractivity contribution in [3.8, 4) is 28.5 Å². The van der Waals surface area contributed by atoms with Crippen molar-refractivity contribution in [2.45, 2.75) is 83.3 Å². The van der Waals surface area contributed by atoms with Gasteiger partial charge in [-0.05, 0) is 100 Å². The molecular weight excluding hydrogens is 657 g/mol. The van der Waals surface area contributed by atoms with Crippen LogP contribution in [0.15, 0.2) is 127 Å². The molecule has 2 aromatic heterocycles. The van der Waals surface area contributed by atoms with Crippen LogP contribution in [0.5, 0.6) is 0 Å². The maximum atomic E-state index is 5.37. The summed E-state index contributed by atoms with van der Waals surface area (Å²) < 4.78 is 2.39. The minimum Gasteiger partial charge on any atom is -0.289 e. The maximum absolute atomic E-state index is 5.37. The summed E-state index contributed by atoms with van der Waals surface area (Å²) in [5.41, 5.74) is 11.0. The van der Waals surface area contributed by atoms with Crippen LogP contribution in [0.25, 0.3) is 40.6 Å². The quantitative estimate of drug-likeness (QED) is 0.200. The van der Waals surface area contributed by atoms with E-state index in [0.717, 1.165) is 28.5 Å². The van der Waals surface area contributed by atoms with Crippen molar-refractivity contribution in [2.75, 3.05) is 0 Å². The lowest BCUT2D eigenvalue weighted by Gasteiger charge is -2.46. The van der Waals surface area contributed by atoms with Crippen LogP contribution >= 0.6 is 0 Å². The summed E-state index contributed by atoms with van der Waals surface area (Å²) in [6.07, 6.45) is 36.9. The Kier molecular flexibility index (Phi) is 8.83. The zero-order valence-corrected chi connectivity index (χ0v) is 31.8. The minimum atomic E-state index is 0.338. The zero-order chi connectivity index (χ0) is 36.2. The summed E-state index contributed by atoms with van der Waals surface area (Å²) in [5, 5.41) is 0.